The quantitative estimate of drug-likeness (QED) is 0.795. The van der Waals surface area contributed by atoms with Crippen molar-refractivity contribution in [2.75, 3.05) is 6.54 Å². The molecule has 1 amide bonds. The zero-order valence-corrected chi connectivity index (χ0v) is 11.7. The Morgan fingerprint density at radius 2 is 2.16 bits per heavy atom. The highest BCUT2D eigenvalue weighted by Gasteiger charge is 2.48. The minimum Gasteiger partial charge on any atom is -0.479 e. The van der Waals surface area contributed by atoms with Gasteiger partial charge in [-0.2, -0.15) is 0 Å². The fourth-order valence-corrected chi connectivity index (χ4v) is 3.34. The Morgan fingerprint density at radius 3 is 2.74 bits per heavy atom. The SMILES string of the molecule is CCC1(C(=O)O)CCCN1C(=O)CC1=CCCCC1. The molecule has 0 aromatic heterocycles. The van der Waals surface area contributed by atoms with Crippen LogP contribution in [-0.4, -0.2) is 34.0 Å². The molecule has 1 fully saturated rings. The van der Waals surface area contributed by atoms with E-state index < -0.39 is 11.5 Å². The molecule has 1 heterocycles. The lowest BCUT2D eigenvalue weighted by atomic mass is 9.91. The second-order valence-electron chi connectivity index (χ2n) is 5.62. The number of likely N-dealkylation sites (tertiary alicyclic amines) is 1. The predicted octanol–water partition coefficient (Wildman–Crippen LogP) is 2.73. The molecule has 2 rings (SSSR count). The fourth-order valence-electron chi connectivity index (χ4n) is 3.34. The molecule has 0 spiro atoms. The summed E-state index contributed by atoms with van der Waals surface area (Å²) in [5.74, 6) is -0.853. The first-order valence-corrected chi connectivity index (χ1v) is 7.32. The summed E-state index contributed by atoms with van der Waals surface area (Å²) < 4.78 is 0. The molecule has 1 atom stereocenters. The highest BCUT2D eigenvalue weighted by Crippen LogP contribution is 2.34. The Hall–Kier alpha value is -1.32. The fraction of sp³-hybridized carbons (Fsp3) is 0.733. The standard InChI is InChI=1S/C15H23NO3/c1-2-15(14(18)19)9-6-10-16(15)13(17)11-12-7-4-3-5-8-12/h7H,2-6,8-11H2,1H3,(H,18,19). The molecule has 1 N–H and O–H groups in total. The van der Waals surface area contributed by atoms with Gasteiger partial charge >= 0.3 is 5.97 Å². The first kappa shape index (κ1) is 14.1. The molecule has 106 valence electrons. The number of amides is 1. The molecule has 0 aromatic rings. The zero-order chi connectivity index (χ0) is 13.9. The van der Waals surface area contributed by atoms with Gasteiger partial charge in [-0.05, 0) is 44.9 Å². The molecule has 19 heavy (non-hydrogen) atoms. The van der Waals surface area contributed by atoms with Gasteiger partial charge in [-0.3, -0.25) is 4.79 Å². The van der Waals surface area contributed by atoms with Gasteiger partial charge < -0.3 is 10.0 Å². The number of carboxylic acid groups (broad SMARTS) is 1. The molecule has 2 aliphatic rings. The second-order valence-corrected chi connectivity index (χ2v) is 5.62. The van der Waals surface area contributed by atoms with Gasteiger partial charge in [0.25, 0.3) is 0 Å². The highest BCUT2D eigenvalue weighted by molar-refractivity contribution is 5.88. The maximum absolute atomic E-state index is 12.4. The number of aliphatic carboxylic acids is 1. The zero-order valence-electron chi connectivity index (χ0n) is 11.7. The number of nitrogens with zero attached hydrogens (tertiary/aromatic N) is 1. The molecule has 0 saturated carbocycles. The van der Waals surface area contributed by atoms with E-state index in [-0.39, 0.29) is 5.91 Å². The van der Waals surface area contributed by atoms with Gasteiger partial charge in [0, 0.05) is 13.0 Å². The van der Waals surface area contributed by atoms with Gasteiger partial charge in [0.15, 0.2) is 0 Å². The summed E-state index contributed by atoms with van der Waals surface area (Å²) in [6.45, 7) is 2.45. The lowest BCUT2D eigenvalue weighted by molar-refractivity contribution is -0.156. The molecule has 0 aromatic carbocycles. The molecule has 1 saturated heterocycles. The van der Waals surface area contributed by atoms with Crippen molar-refractivity contribution in [2.24, 2.45) is 0 Å². The van der Waals surface area contributed by atoms with Crippen molar-refractivity contribution in [1.29, 1.82) is 0 Å². The van der Waals surface area contributed by atoms with Crippen LogP contribution in [-0.2, 0) is 9.59 Å². The predicted molar refractivity (Wildman–Crippen MR) is 72.8 cm³/mol. The molecule has 4 heteroatoms. The number of carbonyl (C=O) groups excluding carboxylic acids is 1. The Kier molecular flexibility index (Phi) is 4.27. The van der Waals surface area contributed by atoms with Crippen LogP contribution in [0.2, 0.25) is 0 Å². The summed E-state index contributed by atoms with van der Waals surface area (Å²) in [7, 11) is 0. The summed E-state index contributed by atoms with van der Waals surface area (Å²) >= 11 is 0. The van der Waals surface area contributed by atoms with E-state index >= 15 is 0 Å². The first-order valence-electron chi connectivity index (χ1n) is 7.32. The lowest BCUT2D eigenvalue weighted by Gasteiger charge is -2.34. The Morgan fingerprint density at radius 1 is 1.37 bits per heavy atom. The van der Waals surface area contributed by atoms with E-state index in [0.717, 1.165) is 25.7 Å². The van der Waals surface area contributed by atoms with Crippen LogP contribution in [0.5, 0.6) is 0 Å². The third-order valence-corrected chi connectivity index (χ3v) is 4.54. The van der Waals surface area contributed by atoms with Crippen LogP contribution < -0.4 is 0 Å². The van der Waals surface area contributed by atoms with Gasteiger partial charge in [-0.15, -0.1) is 0 Å². The maximum Gasteiger partial charge on any atom is 0.329 e. The summed E-state index contributed by atoms with van der Waals surface area (Å²) in [6.07, 6.45) is 8.85. The van der Waals surface area contributed by atoms with Crippen molar-refractivity contribution in [3.8, 4) is 0 Å². The summed E-state index contributed by atoms with van der Waals surface area (Å²) in [5, 5.41) is 9.48. The van der Waals surface area contributed by atoms with Crippen LogP contribution in [0, 0.1) is 0 Å². The number of carboxylic acids is 1. The third kappa shape index (κ3) is 2.67. The van der Waals surface area contributed by atoms with Gasteiger partial charge in [-0.1, -0.05) is 18.6 Å². The minimum atomic E-state index is -0.952. The van der Waals surface area contributed by atoms with Crippen molar-refractivity contribution in [2.45, 2.75) is 63.8 Å². The van der Waals surface area contributed by atoms with Crippen LogP contribution in [0.25, 0.3) is 0 Å². The Bertz CT molecular complexity index is 402. The Labute approximate surface area is 114 Å². The van der Waals surface area contributed by atoms with Crippen LogP contribution in [0.3, 0.4) is 0 Å². The Balaban J connectivity index is 2.09. The summed E-state index contributed by atoms with van der Waals surface area (Å²) in [4.78, 5) is 25.6. The molecule has 1 aliphatic carbocycles. The van der Waals surface area contributed by atoms with Crippen molar-refractivity contribution < 1.29 is 14.7 Å². The van der Waals surface area contributed by atoms with Crippen LogP contribution >= 0.6 is 0 Å². The maximum atomic E-state index is 12.4. The van der Waals surface area contributed by atoms with Crippen molar-refractivity contribution >= 4 is 11.9 Å². The highest BCUT2D eigenvalue weighted by atomic mass is 16.4. The summed E-state index contributed by atoms with van der Waals surface area (Å²) in [5.41, 5.74) is 0.241. The topological polar surface area (TPSA) is 57.6 Å². The van der Waals surface area contributed by atoms with E-state index in [1.54, 1.807) is 4.90 Å². The summed E-state index contributed by atoms with van der Waals surface area (Å²) in [6, 6.07) is 0. The number of hydrogen-bond donors (Lipinski definition) is 1. The molecule has 0 bridgehead atoms. The largest absolute Gasteiger partial charge is 0.479 e. The van der Waals surface area contributed by atoms with Crippen LogP contribution in [0.1, 0.15) is 58.3 Å². The van der Waals surface area contributed by atoms with Gasteiger partial charge in [0.2, 0.25) is 5.91 Å². The van der Waals surface area contributed by atoms with E-state index in [1.165, 1.54) is 12.0 Å². The molecular formula is C15H23NO3. The first-order chi connectivity index (χ1) is 9.10. The average molecular weight is 265 g/mol. The second kappa shape index (κ2) is 5.76. The monoisotopic (exact) mass is 265 g/mol. The van der Waals surface area contributed by atoms with Gasteiger partial charge in [0.1, 0.15) is 5.54 Å². The van der Waals surface area contributed by atoms with Crippen molar-refractivity contribution in [1.82, 2.24) is 4.90 Å². The number of allylic oxidation sites excluding steroid dienone is 1. The third-order valence-electron chi connectivity index (χ3n) is 4.54. The molecule has 1 unspecified atom stereocenters. The van der Waals surface area contributed by atoms with Crippen molar-refractivity contribution in [3.05, 3.63) is 11.6 Å². The normalized spacial score (nSPS) is 27.2. The van der Waals surface area contributed by atoms with Crippen LogP contribution in [0.4, 0.5) is 0 Å². The van der Waals surface area contributed by atoms with Gasteiger partial charge in [-0.25, -0.2) is 4.79 Å². The molecular weight excluding hydrogens is 242 g/mol. The van der Waals surface area contributed by atoms with Crippen molar-refractivity contribution in [3.63, 3.8) is 0 Å². The lowest BCUT2D eigenvalue weighted by Crippen LogP contribution is -2.52. The van der Waals surface area contributed by atoms with E-state index in [9.17, 15) is 14.7 Å². The van der Waals surface area contributed by atoms with Crippen LogP contribution in [0.15, 0.2) is 11.6 Å². The van der Waals surface area contributed by atoms with E-state index in [1.807, 2.05) is 6.92 Å². The molecule has 4 nitrogen and oxygen atoms in total. The minimum absolute atomic E-state index is 0.00472. The number of rotatable bonds is 4. The average Bonchev–Trinajstić information content (AvgIpc) is 2.85. The van der Waals surface area contributed by atoms with E-state index in [2.05, 4.69) is 6.08 Å². The molecule has 0 radical (unpaired) electrons. The van der Waals surface area contributed by atoms with E-state index in [4.69, 9.17) is 0 Å². The van der Waals surface area contributed by atoms with E-state index in [0.29, 0.717) is 25.8 Å². The molecule has 1 aliphatic heterocycles. The smallest absolute Gasteiger partial charge is 0.329 e. The number of carbonyl (C=O) groups is 2. The number of hydrogen-bond acceptors (Lipinski definition) is 2. The van der Waals surface area contributed by atoms with Gasteiger partial charge in [0.05, 0.1) is 0 Å².